The summed E-state index contributed by atoms with van der Waals surface area (Å²) in [5.74, 6) is 2.06. The molecule has 0 saturated heterocycles. The van der Waals surface area contributed by atoms with Crippen molar-refractivity contribution in [3.8, 4) is 0 Å². The number of nitrogens with one attached hydrogen (secondary N) is 1. The zero-order chi connectivity index (χ0) is 12.8. The lowest BCUT2D eigenvalue weighted by Gasteiger charge is -2.15. The van der Waals surface area contributed by atoms with E-state index in [0.29, 0.717) is 6.04 Å². The molecule has 2 heterocycles. The topological polar surface area (TPSA) is 25.2 Å². The molecule has 0 aliphatic rings. The fraction of sp³-hybridized carbons (Fsp3) is 0.467. The molecular formula is C15H21NOS. The molecule has 0 aromatic carbocycles. The highest BCUT2D eigenvalue weighted by atomic mass is 32.1. The van der Waals surface area contributed by atoms with Gasteiger partial charge in [-0.1, -0.05) is 13.0 Å². The molecule has 98 valence electrons. The van der Waals surface area contributed by atoms with E-state index >= 15 is 0 Å². The average molecular weight is 263 g/mol. The van der Waals surface area contributed by atoms with Gasteiger partial charge in [-0.2, -0.15) is 0 Å². The van der Waals surface area contributed by atoms with Crippen LogP contribution in [0.25, 0.3) is 0 Å². The number of thiophene rings is 1. The molecule has 1 N–H and O–H groups in total. The summed E-state index contributed by atoms with van der Waals surface area (Å²) in [4.78, 5) is 1.45. The molecule has 2 nitrogen and oxygen atoms in total. The van der Waals surface area contributed by atoms with E-state index in [1.54, 1.807) is 0 Å². The van der Waals surface area contributed by atoms with Crippen molar-refractivity contribution in [1.82, 2.24) is 5.32 Å². The van der Waals surface area contributed by atoms with Crippen molar-refractivity contribution in [3.05, 3.63) is 46.0 Å². The largest absolute Gasteiger partial charge is 0.465 e. The average Bonchev–Trinajstić information content (AvgIpc) is 3.01. The third-order valence-electron chi connectivity index (χ3n) is 3.00. The zero-order valence-corrected chi connectivity index (χ0v) is 11.9. The van der Waals surface area contributed by atoms with Crippen molar-refractivity contribution in [2.45, 2.75) is 39.2 Å². The number of aryl methyl sites for hydroxylation is 2. The van der Waals surface area contributed by atoms with Crippen LogP contribution in [0.15, 0.2) is 34.1 Å². The van der Waals surface area contributed by atoms with E-state index in [1.807, 2.05) is 24.3 Å². The van der Waals surface area contributed by atoms with Gasteiger partial charge in [-0.3, -0.25) is 0 Å². The van der Waals surface area contributed by atoms with Gasteiger partial charge in [-0.25, -0.2) is 0 Å². The van der Waals surface area contributed by atoms with Gasteiger partial charge in [-0.15, -0.1) is 11.3 Å². The Labute approximate surface area is 113 Å². The predicted molar refractivity (Wildman–Crippen MR) is 77.1 cm³/mol. The van der Waals surface area contributed by atoms with Crippen LogP contribution in [0.5, 0.6) is 0 Å². The minimum Gasteiger partial charge on any atom is -0.465 e. The van der Waals surface area contributed by atoms with Gasteiger partial charge >= 0.3 is 0 Å². The summed E-state index contributed by atoms with van der Waals surface area (Å²) < 4.78 is 5.75. The number of rotatable bonds is 7. The molecule has 2 aromatic rings. The van der Waals surface area contributed by atoms with Gasteiger partial charge in [0.1, 0.15) is 11.5 Å². The van der Waals surface area contributed by atoms with Gasteiger partial charge in [0, 0.05) is 4.88 Å². The first-order valence-corrected chi connectivity index (χ1v) is 7.49. The zero-order valence-electron chi connectivity index (χ0n) is 11.1. The molecule has 3 heteroatoms. The standard InChI is InChI=1S/C15H21NOS/c1-3-10-16-14(15-9-6-12(2)17-15)8-7-13-5-4-11-18-13/h4-6,9,11,14,16H,3,7-8,10H2,1-2H3. The van der Waals surface area contributed by atoms with Crippen LogP contribution in [0.3, 0.4) is 0 Å². The van der Waals surface area contributed by atoms with Gasteiger partial charge in [0.15, 0.2) is 0 Å². The maximum absolute atomic E-state index is 5.75. The van der Waals surface area contributed by atoms with Crippen molar-refractivity contribution in [3.63, 3.8) is 0 Å². The van der Waals surface area contributed by atoms with E-state index in [2.05, 4.69) is 35.8 Å². The van der Waals surface area contributed by atoms with Crippen molar-refractivity contribution in [1.29, 1.82) is 0 Å². The minimum atomic E-state index is 0.334. The molecule has 0 bridgehead atoms. The van der Waals surface area contributed by atoms with Gasteiger partial charge in [0.05, 0.1) is 6.04 Å². The molecule has 0 amide bonds. The molecule has 0 radical (unpaired) electrons. The maximum Gasteiger partial charge on any atom is 0.121 e. The fourth-order valence-corrected chi connectivity index (χ4v) is 2.77. The van der Waals surface area contributed by atoms with Crippen LogP contribution in [0.2, 0.25) is 0 Å². The second-order valence-electron chi connectivity index (χ2n) is 4.57. The Bertz CT molecular complexity index is 447. The van der Waals surface area contributed by atoms with Gasteiger partial charge in [0.2, 0.25) is 0 Å². The van der Waals surface area contributed by atoms with Crippen molar-refractivity contribution in [2.75, 3.05) is 6.54 Å². The normalized spacial score (nSPS) is 12.8. The third kappa shape index (κ3) is 3.72. The molecule has 1 unspecified atom stereocenters. The molecule has 0 aliphatic heterocycles. The predicted octanol–water partition coefficient (Wildman–Crippen LogP) is 4.32. The van der Waals surface area contributed by atoms with Crippen LogP contribution in [0.1, 0.15) is 42.2 Å². The molecule has 0 saturated carbocycles. The molecule has 2 aromatic heterocycles. The van der Waals surface area contributed by atoms with E-state index in [-0.39, 0.29) is 0 Å². The van der Waals surface area contributed by atoms with Crippen LogP contribution in [-0.2, 0) is 6.42 Å². The number of hydrogen-bond acceptors (Lipinski definition) is 3. The van der Waals surface area contributed by atoms with Crippen molar-refractivity contribution in [2.24, 2.45) is 0 Å². The van der Waals surface area contributed by atoms with Gasteiger partial charge < -0.3 is 9.73 Å². The van der Waals surface area contributed by atoms with Crippen LogP contribution >= 0.6 is 11.3 Å². The third-order valence-corrected chi connectivity index (χ3v) is 3.94. The Morgan fingerprint density at radius 1 is 1.33 bits per heavy atom. The lowest BCUT2D eigenvalue weighted by atomic mass is 10.1. The Hall–Kier alpha value is -1.06. The quantitative estimate of drug-likeness (QED) is 0.804. The van der Waals surface area contributed by atoms with E-state index in [0.717, 1.165) is 37.3 Å². The summed E-state index contributed by atoms with van der Waals surface area (Å²) in [5, 5.41) is 5.71. The highest BCUT2D eigenvalue weighted by Gasteiger charge is 2.14. The molecule has 1 atom stereocenters. The highest BCUT2D eigenvalue weighted by Crippen LogP contribution is 2.22. The first kappa shape index (κ1) is 13.4. The fourth-order valence-electron chi connectivity index (χ4n) is 2.05. The van der Waals surface area contributed by atoms with E-state index in [9.17, 15) is 0 Å². The molecule has 2 rings (SSSR count). The first-order chi connectivity index (χ1) is 8.79. The molecule has 0 aliphatic carbocycles. The van der Waals surface area contributed by atoms with E-state index in [4.69, 9.17) is 4.42 Å². The van der Waals surface area contributed by atoms with Gasteiger partial charge in [0.25, 0.3) is 0 Å². The first-order valence-electron chi connectivity index (χ1n) is 6.61. The minimum absolute atomic E-state index is 0.334. The number of furan rings is 1. The summed E-state index contributed by atoms with van der Waals surface area (Å²) >= 11 is 1.83. The Morgan fingerprint density at radius 2 is 2.22 bits per heavy atom. The smallest absolute Gasteiger partial charge is 0.121 e. The Balaban J connectivity index is 1.96. The monoisotopic (exact) mass is 263 g/mol. The Morgan fingerprint density at radius 3 is 2.83 bits per heavy atom. The van der Waals surface area contributed by atoms with Crippen LogP contribution in [0, 0.1) is 6.92 Å². The lowest BCUT2D eigenvalue weighted by Crippen LogP contribution is -2.22. The van der Waals surface area contributed by atoms with Gasteiger partial charge in [-0.05, 0) is 56.3 Å². The van der Waals surface area contributed by atoms with Crippen LogP contribution in [0.4, 0.5) is 0 Å². The van der Waals surface area contributed by atoms with Crippen molar-refractivity contribution < 1.29 is 4.42 Å². The van der Waals surface area contributed by atoms with Crippen LogP contribution < -0.4 is 5.32 Å². The lowest BCUT2D eigenvalue weighted by molar-refractivity contribution is 0.386. The highest BCUT2D eigenvalue weighted by molar-refractivity contribution is 7.09. The second-order valence-corrected chi connectivity index (χ2v) is 5.61. The summed E-state index contributed by atoms with van der Waals surface area (Å²) in [6, 6.07) is 8.79. The maximum atomic E-state index is 5.75. The van der Waals surface area contributed by atoms with Crippen LogP contribution in [-0.4, -0.2) is 6.54 Å². The summed E-state index contributed by atoms with van der Waals surface area (Å²) in [5.41, 5.74) is 0. The summed E-state index contributed by atoms with van der Waals surface area (Å²) in [7, 11) is 0. The Kier molecular flexibility index (Phi) is 5.02. The van der Waals surface area contributed by atoms with Crippen molar-refractivity contribution >= 4 is 11.3 Å². The van der Waals surface area contributed by atoms with E-state index < -0.39 is 0 Å². The SMILES string of the molecule is CCCNC(CCc1cccs1)c1ccc(C)o1. The summed E-state index contributed by atoms with van der Waals surface area (Å²) in [6.45, 7) is 5.23. The molecule has 0 spiro atoms. The summed E-state index contributed by atoms with van der Waals surface area (Å²) in [6.07, 6.45) is 3.35. The second kappa shape index (κ2) is 6.76. The number of hydrogen-bond donors (Lipinski definition) is 1. The molecular weight excluding hydrogens is 242 g/mol. The van der Waals surface area contributed by atoms with E-state index in [1.165, 1.54) is 4.88 Å². The molecule has 0 fully saturated rings. The molecule has 18 heavy (non-hydrogen) atoms.